The smallest absolute Gasteiger partial charge is 0.0893 e. The van der Waals surface area contributed by atoms with Crippen molar-refractivity contribution >= 4 is 21.8 Å². The molecule has 3 heteroatoms. The van der Waals surface area contributed by atoms with Gasteiger partial charge in [-0.2, -0.15) is 0 Å². The van der Waals surface area contributed by atoms with Gasteiger partial charge in [0.25, 0.3) is 0 Å². The predicted octanol–water partition coefficient (Wildman–Crippen LogP) is 5.76. The van der Waals surface area contributed by atoms with Crippen LogP contribution in [0.5, 0.6) is 0 Å². The molecular weight excluding hydrogens is 330 g/mol. The molecule has 0 spiro atoms. The van der Waals surface area contributed by atoms with Gasteiger partial charge in [0.05, 0.1) is 23.1 Å². The van der Waals surface area contributed by atoms with Crippen LogP contribution in [-0.2, 0) is 7.05 Å². The molecule has 130 valence electrons. The highest BCUT2D eigenvalue weighted by Gasteiger charge is 2.12. The molecule has 27 heavy (non-hydrogen) atoms. The molecule has 0 unspecified atom stereocenters. The molecular formula is C24H19N3. The van der Waals surface area contributed by atoms with Crippen molar-refractivity contribution in [2.75, 3.05) is 0 Å². The highest BCUT2D eigenvalue weighted by Crippen LogP contribution is 2.33. The van der Waals surface area contributed by atoms with Crippen LogP contribution < -0.4 is 0 Å². The Morgan fingerprint density at radius 2 is 1.48 bits per heavy atom. The summed E-state index contributed by atoms with van der Waals surface area (Å²) in [7, 11) is 2.10. The van der Waals surface area contributed by atoms with Gasteiger partial charge in [-0.15, -0.1) is 0 Å². The van der Waals surface area contributed by atoms with Crippen molar-refractivity contribution in [1.29, 1.82) is 0 Å². The van der Waals surface area contributed by atoms with Crippen molar-refractivity contribution in [3.8, 4) is 22.5 Å². The zero-order valence-electron chi connectivity index (χ0n) is 15.3. The van der Waals surface area contributed by atoms with Crippen molar-refractivity contribution in [3.63, 3.8) is 0 Å². The van der Waals surface area contributed by atoms with Crippen LogP contribution in [0.15, 0.2) is 79.1 Å². The van der Waals surface area contributed by atoms with E-state index in [1.54, 1.807) is 6.20 Å². The third-order valence-corrected chi connectivity index (χ3v) is 5.20. The van der Waals surface area contributed by atoms with Gasteiger partial charge in [-0.3, -0.25) is 9.97 Å². The lowest BCUT2D eigenvalue weighted by Gasteiger charge is -2.04. The summed E-state index contributed by atoms with van der Waals surface area (Å²) >= 11 is 0. The lowest BCUT2D eigenvalue weighted by molar-refractivity contribution is 1.01. The normalized spacial score (nSPS) is 11.3. The molecule has 0 N–H and O–H groups in total. The second-order valence-electron chi connectivity index (χ2n) is 6.96. The molecule has 0 radical (unpaired) electrons. The maximum absolute atomic E-state index is 4.64. The van der Waals surface area contributed by atoms with Crippen molar-refractivity contribution < 1.29 is 0 Å². The monoisotopic (exact) mass is 349 g/mol. The van der Waals surface area contributed by atoms with Crippen molar-refractivity contribution in [2.45, 2.75) is 6.92 Å². The van der Waals surface area contributed by atoms with Crippen molar-refractivity contribution in [3.05, 3.63) is 84.7 Å². The SMILES string of the molecule is Cc1ccc(-c2ccc3c(c2)c2cc(-c4ccccn4)ncc2n3C)cc1. The molecule has 3 heterocycles. The number of benzene rings is 2. The highest BCUT2D eigenvalue weighted by molar-refractivity contribution is 6.09. The summed E-state index contributed by atoms with van der Waals surface area (Å²) in [6, 6.07) is 23.4. The minimum Gasteiger partial charge on any atom is -0.342 e. The van der Waals surface area contributed by atoms with Crippen LogP contribution in [0, 0.1) is 6.92 Å². The maximum atomic E-state index is 4.64. The zero-order valence-corrected chi connectivity index (χ0v) is 15.3. The Labute approximate surface area is 157 Å². The van der Waals surface area contributed by atoms with Crippen molar-refractivity contribution in [1.82, 2.24) is 14.5 Å². The standard InChI is InChI=1S/C24H19N3/c1-16-6-8-17(9-7-16)18-10-11-23-19(13-18)20-14-22(21-5-3-4-12-25-21)26-15-24(20)27(23)2/h3-15H,1-2H3. The summed E-state index contributed by atoms with van der Waals surface area (Å²) in [5.74, 6) is 0. The van der Waals surface area contributed by atoms with E-state index in [9.17, 15) is 0 Å². The topological polar surface area (TPSA) is 30.7 Å². The van der Waals surface area contributed by atoms with E-state index >= 15 is 0 Å². The summed E-state index contributed by atoms with van der Waals surface area (Å²) in [4.78, 5) is 9.09. The zero-order chi connectivity index (χ0) is 18.4. The molecule has 2 aromatic carbocycles. The lowest BCUT2D eigenvalue weighted by atomic mass is 10.0. The van der Waals surface area contributed by atoms with Gasteiger partial charge in [0, 0.05) is 29.5 Å². The maximum Gasteiger partial charge on any atom is 0.0893 e. The molecule has 5 aromatic rings. The average molecular weight is 349 g/mol. The van der Waals surface area contributed by atoms with Crippen LogP contribution in [0.1, 0.15) is 5.56 Å². The van der Waals surface area contributed by atoms with Crippen LogP contribution in [0.25, 0.3) is 44.3 Å². The summed E-state index contributed by atoms with van der Waals surface area (Å²) in [6.07, 6.45) is 3.75. The van der Waals surface area contributed by atoms with E-state index in [0.717, 1.165) is 16.9 Å². The number of hydrogen-bond acceptors (Lipinski definition) is 2. The van der Waals surface area contributed by atoms with Gasteiger partial charge in [0.2, 0.25) is 0 Å². The number of hydrogen-bond donors (Lipinski definition) is 0. The minimum absolute atomic E-state index is 0.895. The van der Waals surface area contributed by atoms with Crippen LogP contribution >= 0.6 is 0 Å². The van der Waals surface area contributed by atoms with E-state index in [4.69, 9.17) is 0 Å². The van der Waals surface area contributed by atoms with E-state index in [2.05, 4.69) is 77.0 Å². The Kier molecular flexibility index (Phi) is 3.54. The largest absolute Gasteiger partial charge is 0.342 e. The number of fused-ring (bicyclic) bond motifs is 3. The van der Waals surface area contributed by atoms with Gasteiger partial charge >= 0.3 is 0 Å². The molecule has 0 aliphatic heterocycles. The first-order valence-corrected chi connectivity index (χ1v) is 9.07. The van der Waals surface area contributed by atoms with Crippen LogP contribution in [0.3, 0.4) is 0 Å². The van der Waals surface area contributed by atoms with Crippen LogP contribution in [0.4, 0.5) is 0 Å². The second kappa shape index (κ2) is 6.06. The molecule has 0 saturated carbocycles. The van der Waals surface area contributed by atoms with E-state index in [1.807, 2.05) is 24.4 Å². The van der Waals surface area contributed by atoms with Gasteiger partial charge < -0.3 is 4.57 Å². The van der Waals surface area contributed by atoms with E-state index in [-0.39, 0.29) is 0 Å². The number of pyridine rings is 2. The number of aromatic nitrogens is 3. The van der Waals surface area contributed by atoms with Gasteiger partial charge in [0.1, 0.15) is 0 Å². The van der Waals surface area contributed by atoms with Crippen LogP contribution in [-0.4, -0.2) is 14.5 Å². The quantitative estimate of drug-likeness (QED) is 0.405. The Hall–Kier alpha value is -3.46. The Bertz CT molecular complexity index is 1270. The molecule has 0 aliphatic rings. The Morgan fingerprint density at radius 3 is 2.26 bits per heavy atom. The first kappa shape index (κ1) is 15.8. The summed E-state index contributed by atoms with van der Waals surface area (Å²) in [5.41, 5.74) is 7.87. The molecule has 0 amide bonds. The summed E-state index contributed by atoms with van der Waals surface area (Å²) in [5, 5.41) is 2.45. The minimum atomic E-state index is 0.895. The summed E-state index contributed by atoms with van der Waals surface area (Å²) < 4.78 is 2.21. The molecule has 3 aromatic heterocycles. The van der Waals surface area contributed by atoms with Gasteiger partial charge in [-0.25, -0.2) is 0 Å². The fraction of sp³-hybridized carbons (Fsp3) is 0.0833. The third-order valence-electron chi connectivity index (χ3n) is 5.20. The molecule has 0 fully saturated rings. The Morgan fingerprint density at radius 1 is 0.704 bits per heavy atom. The first-order chi connectivity index (χ1) is 13.2. The molecule has 3 nitrogen and oxygen atoms in total. The van der Waals surface area contributed by atoms with Gasteiger partial charge in [0.15, 0.2) is 0 Å². The third kappa shape index (κ3) is 2.59. The van der Waals surface area contributed by atoms with E-state index < -0.39 is 0 Å². The van der Waals surface area contributed by atoms with E-state index in [0.29, 0.717) is 0 Å². The second-order valence-corrected chi connectivity index (χ2v) is 6.96. The van der Waals surface area contributed by atoms with Crippen LogP contribution in [0.2, 0.25) is 0 Å². The van der Waals surface area contributed by atoms with Gasteiger partial charge in [-0.1, -0.05) is 42.0 Å². The molecule has 0 bridgehead atoms. The highest BCUT2D eigenvalue weighted by atomic mass is 14.9. The number of rotatable bonds is 2. The molecule has 0 atom stereocenters. The van der Waals surface area contributed by atoms with Gasteiger partial charge in [-0.05, 0) is 48.4 Å². The van der Waals surface area contributed by atoms with Crippen molar-refractivity contribution in [2.24, 2.45) is 7.05 Å². The average Bonchev–Trinajstić information content (AvgIpc) is 3.00. The lowest BCUT2D eigenvalue weighted by Crippen LogP contribution is -1.89. The number of nitrogens with zero attached hydrogens (tertiary/aromatic N) is 3. The fourth-order valence-corrected chi connectivity index (χ4v) is 3.69. The fourth-order valence-electron chi connectivity index (χ4n) is 3.69. The molecule has 0 aliphatic carbocycles. The number of aryl methyl sites for hydroxylation is 2. The first-order valence-electron chi connectivity index (χ1n) is 9.07. The van der Waals surface area contributed by atoms with E-state index in [1.165, 1.54) is 33.0 Å². The molecule has 0 saturated heterocycles. The Balaban J connectivity index is 1.75. The predicted molar refractivity (Wildman–Crippen MR) is 112 cm³/mol. The molecule has 5 rings (SSSR count). The summed E-state index contributed by atoms with van der Waals surface area (Å²) in [6.45, 7) is 2.11.